The van der Waals surface area contributed by atoms with E-state index in [2.05, 4.69) is 20.8 Å². The summed E-state index contributed by atoms with van der Waals surface area (Å²) in [6.07, 6.45) is 6.48. The first-order valence-corrected chi connectivity index (χ1v) is 5.12. The molecule has 66 valence electrons. The monoisotopic (exact) mass is 172 g/mol. The second kappa shape index (κ2) is 6.78. The maximum absolute atomic E-state index is 5.23. The molecule has 0 bridgehead atoms. The molecule has 0 aliphatic rings. The third-order valence-corrected chi connectivity index (χ3v) is 2.60. The van der Waals surface area contributed by atoms with Gasteiger partial charge in [-0.1, -0.05) is 52.3 Å². The van der Waals surface area contributed by atoms with Crippen molar-refractivity contribution in [1.82, 2.24) is 0 Å². The lowest BCUT2D eigenvalue weighted by Gasteiger charge is -2.05. The highest BCUT2D eigenvalue weighted by Crippen LogP contribution is 2.08. The van der Waals surface area contributed by atoms with Gasteiger partial charge in [0.2, 0.25) is 0 Å². The van der Waals surface area contributed by atoms with Crippen LogP contribution < -0.4 is 0 Å². The minimum absolute atomic E-state index is 0.603. The predicted octanol–water partition coefficient (Wildman–Crippen LogP) is 3.98. The van der Waals surface area contributed by atoms with Crippen molar-refractivity contribution in [2.75, 3.05) is 0 Å². The Hall–Kier alpha value is 0.0900. The van der Waals surface area contributed by atoms with Crippen LogP contribution in [0.1, 0.15) is 52.9 Å². The maximum atomic E-state index is 5.23. The highest BCUT2D eigenvalue weighted by atomic mass is 32.1. The molecule has 0 radical (unpaired) electrons. The molecule has 0 amide bonds. The van der Waals surface area contributed by atoms with Crippen LogP contribution in [0.3, 0.4) is 0 Å². The van der Waals surface area contributed by atoms with Crippen LogP contribution >= 0.6 is 12.2 Å². The summed E-state index contributed by atoms with van der Waals surface area (Å²) in [7, 11) is 0. The first-order valence-electron chi connectivity index (χ1n) is 4.71. The summed E-state index contributed by atoms with van der Waals surface area (Å²) in [4.78, 5) is 1.25. The highest BCUT2D eigenvalue weighted by molar-refractivity contribution is 7.80. The molecule has 0 fully saturated rings. The van der Waals surface area contributed by atoms with Gasteiger partial charge in [0, 0.05) is 0 Å². The summed E-state index contributed by atoms with van der Waals surface area (Å²) in [5.74, 6) is 0.603. The second-order valence-electron chi connectivity index (χ2n) is 3.43. The van der Waals surface area contributed by atoms with E-state index in [1.807, 2.05) is 0 Å². The average Bonchev–Trinajstić information content (AvgIpc) is 1.97. The third-order valence-electron chi connectivity index (χ3n) is 1.92. The van der Waals surface area contributed by atoms with Gasteiger partial charge in [0.1, 0.15) is 0 Å². The topological polar surface area (TPSA) is 0 Å². The van der Waals surface area contributed by atoms with Crippen LogP contribution in [0.15, 0.2) is 0 Å². The van der Waals surface area contributed by atoms with E-state index in [0.717, 1.165) is 6.42 Å². The molecule has 0 aliphatic heterocycles. The quantitative estimate of drug-likeness (QED) is 0.431. The summed E-state index contributed by atoms with van der Waals surface area (Å²) in [5.41, 5.74) is 0. The Morgan fingerprint density at radius 3 is 2.27 bits per heavy atom. The number of hydrogen-bond acceptors (Lipinski definition) is 1. The molecule has 11 heavy (non-hydrogen) atoms. The van der Waals surface area contributed by atoms with Crippen molar-refractivity contribution in [2.24, 2.45) is 5.92 Å². The fourth-order valence-electron chi connectivity index (χ4n) is 1.01. The van der Waals surface area contributed by atoms with E-state index >= 15 is 0 Å². The van der Waals surface area contributed by atoms with Crippen LogP contribution in [0.5, 0.6) is 0 Å². The number of hydrogen-bond donors (Lipinski definition) is 0. The standard InChI is InChI=1S/C10H20S/c1-4-5-6-7-8-10(11)9(2)3/h9H,4-8H2,1-3H3. The first-order chi connectivity index (χ1) is 5.18. The Morgan fingerprint density at radius 1 is 1.18 bits per heavy atom. The lowest BCUT2D eigenvalue weighted by molar-refractivity contribution is 0.676. The van der Waals surface area contributed by atoms with Crippen LogP contribution in [-0.4, -0.2) is 4.86 Å². The molecule has 0 unspecified atom stereocenters. The van der Waals surface area contributed by atoms with E-state index in [1.165, 1.54) is 30.5 Å². The van der Waals surface area contributed by atoms with E-state index in [0.29, 0.717) is 5.92 Å². The molecule has 0 nitrogen and oxygen atoms in total. The Labute approximate surface area is 76.4 Å². The molecule has 0 saturated heterocycles. The van der Waals surface area contributed by atoms with Crippen molar-refractivity contribution in [3.63, 3.8) is 0 Å². The van der Waals surface area contributed by atoms with Gasteiger partial charge >= 0.3 is 0 Å². The SMILES string of the molecule is CCCCCCC(=S)C(C)C. The van der Waals surface area contributed by atoms with Gasteiger partial charge in [-0.3, -0.25) is 0 Å². The number of thiocarbonyl (C=S) groups is 1. The summed E-state index contributed by atoms with van der Waals surface area (Å²) in [6.45, 7) is 6.60. The molecule has 0 saturated carbocycles. The Balaban J connectivity index is 3.18. The molecule has 1 heteroatoms. The normalized spacial score (nSPS) is 10.5. The lowest BCUT2D eigenvalue weighted by atomic mass is 10.0. The van der Waals surface area contributed by atoms with E-state index in [4.69, 9.17) is 12.2 Å². The zero-order chi connectivity index (χ0) is 8.69. The smallest absolute Gasteiger partial charge is 0.00461 e. The van der Waals surface area contributed by atoms with Gasteiger partial charge in [0.25, 0.3) is 0 Å². The van der Waals surface area contributed by atoms with Crippen molar-refractivity contribution in [2.45, 2.75) is 52.9 Å². The molecule has 0 aliphatic carbocycles. The van der Waals surface area contributed by atoms with Gasteiger partial charge in [-0.25, -0.2) is 0 Å². The van der Waals surface area contributed by atoms with Gasteiger partial charge in [0.05, 0.1) is 0 Å². The largest absolute Gasteiger partial charge is 0.0894 e. The molecule has 0 aromatic heterocycles. The van der Waals surface area contributed by atoms with E-state index in [-0.39, 0.29) is 0 Å². The minimum atomic E-state index is 0.603. The average molecular weight is 172 g/mol. The summed E-state index contributed by atoms with van der Waals surface area (Å²) in [5, 5.41) is 0. The summed E-state index contributed by atoms with van der Waals surface area (Å²) in [6, 6.07) is 0. The van der Waals surface area contributed by atoms with Crippen molar-refractivity contribution >= 4 is 17.1 Å². The van der Waals surface area contributed by atoms with Gasteiger partial charge in [-0.2, -0.15) is 0 Å². The fraction of sp³-hybridized carbons (Fsp3) is 0.900. The lowest BCUT2D eigenvalue weighted by Crippen LogP contribution is -2.03. The van der Waals surface area contributed by atoms with Crippen molar-refractivity contribution in [3.05, 3.63) is 0 Å². The molecule has 0 atom stereocenters. The molecule has 0 N–H and O–H groups in total. The maximum Gasteiger partial charge on any atom is -0.00461 e. The van der Waals surface area contributed by atoms with Crippen molar-refractivity contribution in [3.8, 4) is 0 Å². The molecule has 0 aromatic carbocycles. The van der Waals surface area contributed by atoms with Gasteiger partial charge in [-0.15, -0.1) is 0 Å². The van der Waals surface area contributed by atoms with Gasteiger partial charge < -0.3 is 0 Å². The predicted molar refractivity (Wildman–Crippen MR) is 56.2 cm³/mol. The Morgan fingerprint density at radius 2 is 1.82 bits per heavy atom. The zero-order valence-electron chi connectivity index (χ0n) is 8.02. The number of unbranched alkanes of at least 4 members (excludes halogenated alkanes) is 3. The van der Waals surface area contributed by atoms with Crippen molar-refractivity contribution < 1.29 is 0 Å². The van der Waals surface area contributed by atoms with Crippen LogP contribution in [0, 0.1) is 5.92 Å². The zero-order valence-corrected chi connectivity index (χ0v) is 8.84. The molecule has 0 spiro atoms. The van der Waals surface area contributed by atoms with E-state index in [9.17, 15) is 0 Å². The minimum Gasteiger partial charge on any atom is -0.0894 e. The van der Waals surface area contributed by atoms with Gasteiger partial charge in [0.15, 0.2) is 0 Å². The Kier molecular flexibility index (Phi) is 6.83. The van der Waals surface area contributed by atoms with Crippen LogP contribution in [0.4, 0.5) is 0 Å². The summed E-state index contributed by atoms with van der Waals surface area (Å²) < 4.78 is 0. The van der Waals surface area contributed by atoms with E-state index in [1.54, 1.807) is 0 Å². The fourth-order valence-corrected chi connectivity index (χ4v) is 1.16. The van der Waals surface area contributed by atoms with Crippen LogP contribution in [0.25, 0.3) is 0 Å². The highest BCUT2D eigenvalue weighted by Gasteiger charge is 2.00. The molecule has 0 rings (SSSR count). The molecule has 0 aromatic rings. The number of rotatable bonds is 6. The Bertz CT molecular complexity index is 105. The van der Waals surface area contributed by atoms with E-state index < -0.39 is 0 Å². The van der Waals surface area contributed by atoms with Gasteiger partial charge in [-0.05, 0) is 23.6 Å². The molecule has 0 heterocycles. The second-order valence-corrected chi connectivity index (χ2v) is 3.96. The molecular formula is C10H20S. The van der Waals surface area contributed by atoms with Crippen molar-refractivity contribution in [1.29, 1.82) is 0 Å². The van der Waals surface area contributed by atoms with Crippen LogP contribution in [-0.2, 0) is 0 Å². The third kappa shape index (κ3) is 6.49. The van der Waals surface area contributed by atoms with Crippen LogP contribution in [0.2, 0.25) is 0 Å². The molecular weight excluding hydrogens is 152 g/mol. The summed E-state index contributed by atoms with van der Waals surface area (Å²) >= 11 is 5.23. The first kappa shape index (κ1) is 11.1.